The van der Waals surface area contributed by atoms with Gasteiger partial charge in [-0.2, -0.15) is 0 Å². The van der Waals surface area contributed by atoms with Crippen LogP contribution in [-0.2, 0) is 4.74 Å². The lowest BCUT2D eigenvalue weighted by atomic mass is 9.95. The zero-order chi connectivity index (χ0) is 13.4. The topological polar surface area (TPSA) is 24.5 Å². The van der Waals surface area contributed by atoms with E-state index in [-0.39, 0.29) is 0 Å². The van der Waals surface area contributed by atoms with Gasteiger partial charge in [0, 0.05) is 26.2 Å². The van der Waals surface area contributed by atoms with Crippen LogP contribution >= 0.6 is 0 Å². The molecule has 1 rings (SSSR count). The molecular weight excluding hydrogens is 224 g/mol. The molecule has 3 atom stereocenters. The third kappa shape index (κ3) is 5.25. The maximum atomic E-state index is 5.59. The van der Waals surface area contributed by atoms with Crippen molar-refractivity contribution < 1.29 is 4.74 Å². The van der Waals surface area contributed by atoms with Gasteiger partial charge in [-0.3, -0.25) is 4.90 Å². The van der Waals surface area contributed by atoms with Crippen molar-refractivity contribution >= 4 is 0 Å². The molecule has 1 N–H and O–H groups in total. The fourth-order valence-electron chi connectivity index (χ4n) is 2.84. The Balaban J connectivity index is 2.38. The summed E-state index contributed by atoms with van der Waals surface area (Å²) >= 11 is 0. The van der Waals surface area contributed by atoms with Crippen molar-refractivity contribution in [3.8, 4) is 0 Å². The zero-order valence-corrected chi connectivity index (χ0v) is 12.7. The lowest BCUT2D eigenvalue weighted by Crippen LogP contribution is -2.49. The van der Waals surface area contributed by atoms with E-state index in [2.05, 4.69) is 31.0 Å². The highest BCUT2D eigenvalue weighted by molar-refractivity contribution is 4.81. The molecule has 0 saturated carbocycles. The highest BCUT2D eigenvalue weighted by Crippen LogP contribution is 2.19. The van der Waals surface area contributed by atoms with Gasteiger partial charge in [-0.25, -0.2) is 0 Å². The fraction of sp³-hybridized carbons (Fsp3) is 1.00. The van der Waals surface area contributed by atoms with E-state index in [0.717, 1.165) is 13.1 Å². The second-order valence-corrected chi connectivity index (χ2v) is 5.74. The maximum absolute atomic E-state index is 5.59. The molecule has 1 heterocycles. The fourth-order valence-corrected chi connectivity index (χ4v) is 2.84. The molecular formula is C15H32N2O. The number of nitrogens with zero attached hydrogens (tertiary/aromatic N) is 1. The molecule has 0 spiro atoms. The smallest absolute Gasteiger partial charge is 0.0724 e. The lowest BCUT2D eigenvalue weighted by molar-refractivity contribution is -0.00764. The van der Waals surface area contributed by atoms with Crippen LogP contribution in [0, 0.1) is 5.92 Å². The van der Waals surface area contributed by atoms with Crippen molar-refractivity contribution in [2.75, 3.05) is 33.3 Å². The Morgan fingerprint density at radius 1 is 1.33 bits per heavy atom. The highest BCUT2D eigenvalue weighted by atomic mass is 16.5. The summed E-state index contributed by atoms with van der Waals surface area (Å²) in [6.07, 6.45) is 5.46. The number of nitrogens with one attached hydrogen (secondary N) is 1. The summed E-state index contributed by atoms with van der Waals surface area (Å²) in [6, 6.07) is 0.654. The van der Waals surface area contributed by atoms with Crippen molar-refractivity contribution in [2.24, 2.45) is 5.92 Å². The van der Waals surface area contributed by atoms with E-state index in [0.29, 0.717) is 18.1 Å². The van der Waals surface area contributed by atoms with Crippen molar-refractivity contribution in [1.82, 2.24) is 10.2 Å². The van der Waals surface area contributed by atoms with E-state index in [1.54, 1.807) is 0 Å². The molecule has 108 valence electrons. The summed E-state index contributed by atoms with van der Waals surface area (Å²) in [6.45, 7) is 11.5. The van der Waals surface area contributed by atoms with Gasteiger partial charge in [-0.1, -0.05) is 27.2 Å². The molecule has 18 heavy (non-hydrogen) atoms. The van der Waals surface area contributed by atoms with Gasteiger partial charge < -0.3 is 10.1 Å². The molecule has 0 radical (unpaired) electrons. The maximum Gasteiger partial charge on any atom is 0.0724 e. The SMILES string of the molecule is CCCNC(CCC)CN1CCC(C)C(OC)C1. The van der Waals surface area contributed by atoms with Crippen LogP contribution < -0.4 is 5.32 Å². The molecule has 0 amide bonds. The molecule has 3 nitrogen and oxygen atoms in total. The third-order valence-corrected chi connectivity index (χ3v) is 4.07. The minimum Gasteiger partial charge on any atom is -0.380 e. The first-order valence-electron chi connectivity index (χ1n) is 7.69. The first-order valence-corrected chi connectivity index (χ1v) is 7.69. The van der Waals surface area contributed by atoms with Crippen LogP contribution in [0.2, 0.25) is 0 Å². The van der Waals surface area contributed by atoms with Crippen LogP contribution in [0.5, 0.6) is 0 Å². The summed E-state index contributed by atoms with van der Waals surface area (Å²) in [5, 5.41) is 3.68. The standard InChI is InChI=1S/C15H32N2O/c1-5-7-14(16-9-6-2)11-17-10-8-13(3)15(12-17)18-4/h13-16H,5-12H2,1-4H3. The van der Waals surface area contributed by atoms with Crippen molar-refractivity contribution in [2.45, 2.75) is 58.6 Å². The summed E-state index contributed by atoms with van der Waals surface area (Å²) in [4.78, 5) is 2.58. The Morgan fingerprint density at radius 2 is 2.11 bits per heavy atom. The predicted octanol–water partition coefficient (Wildman–Crippen LogP) is 2.51. The quantitative estimate of drug-likeness (QED) is 0.722. The van der Waals surface area contributed by atoms with Gasteiger partial charge in [0.1, 0.15) is 0 Å². The number of rotatable bonds is 8. The Kier molecular flexibility index (Phi) is 7.87. The normalized spacial score (nSPS) is 27.3. The largest absolute Gasteiger partial charge is 0.380 e. The second-order valence-electron chi connectivity index (χ2n) is 5.74. The minimum atomic E-state index is 0.423. The van der Waals surface area contributed by atoms with Crippen LogP contribution in [0.3, 0.4) is 0 Å². The van der Waals surface area contributed by atoms with E-state index in [4.69, 9.17) is 4.74 Å². The molecule has 1 saturated heterocycles. The van der Waals surface area contributed by atoms with Crippen molar-refractivity contribution in [3.05, 3.63) is 0 Å². The van der Waals surface area contributed by atoms with E-state index < -0.39 is 0 Å². The molecule has 0 aliphatic carbocycles. The van der Waals surface area contributed by atoms with Gasteiger partial charge in [0.15, 0.2) is 0 Å². The number of hydrogen-bond acceptors (Lipinski definition) is 3. The monoisotopic (exact) mass is 256 g/mol. The van der Waals surface area contributed by atoms with Crippen LogP contribution in [0.4, 0.5) is 0 Å². The number of likely N-dealkylation sites (tertiary alicyclic amines) is 1. The number of hydrogen-bond donors (Lipinski definition) is 1. The van der Waals surface area contributed by atoms with Crippen LogP contribution in [0.1, 0.15) is 46.5 Å². The molecule has 0 aromatic carbocycles. The van der Waals surface area contributed by atoms with Crippen molar-refractivity contribution in [3.63, 3.8) is 0 Å². The van der Waals surface area contributed by atoms with Gasteiger partial charge in [-0.05, 0) is 38.3 Å². The Labute approximate surface area is 113 Å². The number of ether oxygens (including phenoxy) is 1. The van der Waals surface area contributed by atoms with E-state index in [1.165, 1.54) is 38.8 Å². The van der Waals surface area contributed by atoms with E-state index >= 15 is 0 Å². The average Bonchev–Trinajstić information content (AvgIpc) is 2.38. The first kappa shape index (κ1) is 15.9. The number of piperidine rings is 1. The molecule has 1 aliphatic rings. The van der Waals surface area contributed by atoms with Crippen LogP contribution in [0.25, 0.3) is 0 Å². The lowest BCUT2D eigenvalue weighted by Gasteiger charge is -2.38. The second kappa shape index (κ2) is 8.89. The molecule has 0 aromatic rings. The average molecular weight is 256 g/mol. The zero-order valence-electron chi connectivity index (χ0n) is 12.7. The Hall–Kier alpha value is -0.120. The van der Waals surface area contributed by atoms with Gasteiger partial charge >= 0.3 is 0 Å². The summed E-state index contributed by atoms with van der Waals surface area (Å²) in [5.41, 5.74) is 0. The first-order chi connectivity index (χ1) is 8.71. The van der Waals surface area contributed by atoms with Crippen molar-refractivity contribution in [1.29, 1.82) is 0 Å². The molecule has 0 bridgehead atoms. The molecule has 0 aromatic heterocycles. The summed E-state index contributed by atoms with van der Waals surface area (Å²) in [7, 11) is 1.85. The van der Waals surface area contributed by atoms with Crippen LogP contribution in [-0.4, -0.2) is 50.3 Å². The predicted molar refractivity (Wildman–Crippen MR) is 78.0 cm³/mol. The molecule has 1 fully saturated rings. The van der Waals surface area contributed by atoms with Gasteiger partial charge in [-0.15, -0.1) is 0 Å². The van der Waals surface area contributed by atoms with Gasteiger partial charge in [0.2, 0.25) is 0 Å². The van der Waals surface area contributed by atoms with Crippen LogP contribution in [0.15, 0.2) is 0 Å². The minimum absolute atomic E-state index is 0.423. The summed E-state index contributed by atoms with van der Waals surface area (Å²) in [5.74, 6) is 0.708. The van der Waals surface area contributed by atoms with Gasteiger partial charge in [0.25, 0.3) is 0 Å². The van der Waals surface area contributed by atoms with Gasteiger partial charge in [0.05, 0.1) is 6.10 Å². The highest BCUT2D eigenvalue weighted by Gasteiger charge is 2.26. The molecule has 3 heteroatoms. The molecule has 1 aliphatic heterocycles. The Bertz CT molecular complexity index is 211. The van der Waals surface area contributed by atoms with E-state index in [1.807, 2.05) is 7.11 Å². The van der Waals surface area contributed by atoms with E-state index in [9.17, 15) is 0 Å². The molecule has 3 unspecified atom stereocenters. The Morgan fingerprint density at radius 3 is 2.72 bits per heavy atom. The number of methoxy groups -OCH3 is 1. The summed E-state index contributed by atoms with van der Waals surface area (Å²) < 4.78 is 5.59. The third-order valence-electron chi connectivity index (χ3n) is 4.07.